The number of benzene rings is 3. The van der Waals surface area contributed by atoms with Crippen LogP contribution < -0.4 is 9.80 Å². The zero-order valence-corrected chi connectivity index (χ0v) is 27.0. The van der Waals surface area contributed by atoms with Crippen LogP contribution in [0.3, 0.4) is 0 Å². The number of aryl methyl sites for hydroxylation is 2. The molecule has 2 heterocycles. The largest absolute Gasteiger partial charge is 0.269 e. The number of imide groups is 2. The van der Waals surface area contributed by atoms with E-state index in [0.717, 1.165) is 33.4 Å². The Kier molecular flexibility index (Phi) is 9.24. The van der Waals surface area contributed by atoms with Gasteiger partial charge in [0.15, 0.2) is 0 Å². The van der Waals surface area contributed by atoms with E-state index >= 15 is 0 Å². The summed E-state index contributed by atoms with van der Waals surface area (Å²) in [5.74, 6) is -1.28. The fourth-order valence-electron chi connectivity index (χ4n) is 5.74. The first-order valence-electron chi connectivity index (χ1n) is 15.3. The molecule has 5 rings (SSSR count). The molecule has 0 unspecified atom stereocenters. The molecule has 0 aromatic heterocycles. The van der Waals surface area contributed by atoms with Crippen molar-refractivity contribution in [3.8, 4) is 0 Å². The monoisotopic (exact) mass is 590 g/mol. The van der Waals surface area contributed by atoms with E-state index in [4.69, 9.17) is 0 Å². The molecule has 0 saturated heterocycles. The second-order valence-corrected chi connectivity index (χ2v) is 12.4. The third kappa shape index (κ3) is 5.94. The van der Waals surface area contributed by atoms with E-state index in [1.807, 2.05) is 38.1 Å². The van der Waals surface area contributed by atoms with Gasteiger partial charge in [-0.2, -0.15) is 0 Å². The molecule has 3 aromatic carbocycles. The summed E-state index contributed by atoms with van der Waals surface area (Å²) >= 11 is 0. The van der Waals surface area contributed by atoms with Crippen molar-refractivity contribution in [1.82, 2.24) is 0 Å². The molecule has 228 valence electrons. The number of amides is 4. The van der Waals surface area contributed by atoms with Crippen LogP contribution in [0.4, 0.5) is 11.4 Å². The molecule has 2 aliphatic rings. The maximum atomic E-state index is 12.5. The molecule has 0 bridgehead atoms. The van der Waals surface area contributed by atoms with Crippen LogP contribution in [0.15, 0.2) is 85.0 Å². The van der Waals surface area contributed by atoms with Crippen molar-refractivity contribution in [3.05, 3.63) is 118 Å². The molecule has 0 aliphatic carbocycles. The van der Waals surface area contributed by atoms with Gasteiger partial charge >= 0.3 is 0 Å². The predicted molar refractivity (Wildman–Crippen MR) is 177 cm³/mol. The van der Waals surface area contributed by atoms with Gasteiger partial charge in [0.2, 0.25) is 0 Å². The summed E-state index contributed by atoms with van der Waals surface area (Å²) in [5, 5.41) is 0. The number of rotatable bonds is 7. The lowest BCUT2D eigenvalue weighted by Gasteiger charge is -2.32. The number of carbonyl (C=O) groups is 4. The maximum Gasteiger partial charge on any atom is 0.258 e. The van der Waals surface area contributed by atoms with E-state index in [1.54, 1.807) is 0 Å². The minimum Gasteiger partial charge on any atom is -0.269 e. The number of hydrogen-bond donors (Lipinski definition) is 0. The number of nitrogens with zero attached hydrogens (tertiary/aromatic N) is 2. The topological polar surface area (TPSA) is 74.8 Å². The molecule has 4 amide bonds. The zero-order valence-electron chi connectivity index (χ0n) is 27.0. The summed E-state index contributed by atoms with van der Waals surface area (Å²) in [6.45, 7) is 16.9. The molecule has 0 fully saturated rings. The highest BCUT2D eigenvalue weighted by molar-refractivity contribution is 6.29. The normalized spacial score (nSPS) is 14.9. The minimum atomic E-state index is -0.357. The average molecular weight is 591 g/mol. The Bertz CT molecular complexity index is 1640. The van der Waals surface area contributed by atoms with Gasteiger partial charge < -0.3 is 0 Å². The predicted octanol–water partition coefficient (Wildman–Crippen LogP) is 7.48. The Morgan fingerprint density at radius 3 is 1.50 bits per heavy atom. The van der Waals surface area contributed by atoms with Crippen LogP contribution in [0.25, 0.3) is 0 Å². The second-order valence-electron chi connectivity index (χ2n) is 12.4. The standard InChI is InChI=1S/C35H34N2O4.C3H8/c1-7-23-20-27(19-22(2)33(23)37-31(40)17-18-32(37)41)35(5,6)26-10-8-9-25(21-26)34(3,4)24-11-13-28(14-12-24)36-29(38)15-16-30(36)39;1-3-2/h8-21H,7H2,1-6H3;3H2,1-2H3. The lowest BCUT2D eigenvalue weighted by atomic mass is 9.73. The first-order valence-corrected chi connectivity index (χ1v) is 15.3. The molecular formula is C38H42N2O4. The van der Waals surface area contributed by atoms with E-state index in [-0.39, 0.29) is 34.5 Å². The fourth-order valence-corrected chi connectivity index (χ4v) is 5.74. The molecular weight excluding hydrogens is 548 g/mol. The van der Waals surface area contributed by atoms with Crippen LogP contribution in [0.2, 0.25) is 0 Å². The van der Waals surface area contributed by atoms with Crippen molar-refractivity contribution >= 4 is 35.0 Å². The van der Waals surface area contributed by atoms with Crippen LogP contribution in [0.1, 0.15) is 88.3 Å². The SMILES string of the molecule is CCC.CCc1cc(C(C)(C)c2cccc(C(C)(C)c3ccc(N4C(=O)C=CC4=O)cc3)c2)cc(C)c1N1C(=O)C=CC1=O. The summed E-state index contributed by atoms with van der Waals surface area (Å²) in [6, 6.07) is 20.3. The van der Waals surface area contributed by atoms with Crippen molar-refractivity contribution in [1.29, 1.82) is 0 Å². The Morgan fingerprint density at radius 1 is 0.568 bits per heavy atom. The van der Waals surface area contributed by atoms with E-state index in [9.17, 15) is 19.2 Å². The maximum absolute atomic E-state index is 12.5. The number of anilines is 2. The lowest BCUT2D eigenvalue weighted by Crippen LogP contribution is -2.31. The summed E-state index contributed by atoms with van der Waals surface area (Å²) in [4.78, 5) is 51.5. The molecule has 0 saturated carbocycles. The smallest absolute Gasteiger partial charge is 0.258 e. The minimum absolute atomic E-state index is 0.307. The molecule has 0 radical (unpaired) electrons. The van der Waals surface area contributed by atoms with Gasteiger partial charge in [-0.15, -0.1) is 0 Å². The zero-order chi connectivity index (χ0) is 32.4. The van der Waals surface area contributed by atoms with Gasteiger partial charge in [0.25, 0.3) is 23.6 Å². The number of hydrogen-bond acceptors (Lipinski definition) is 4. The van der Waals surface area contributed by atoms with Gasteiger partial charge in [0, 0.05) is 35.1 Å². The second kappa shape index (κ2) is 12.6. The highest BCUT2D eigenvalue weighted by Gasteiger charge is 2.32. The molecule has 3 aromatic rings. The van der Waals surface area contributed by atoms with Crippen LogP contribution in [-0.2, 0) is 36.4 Å². The van der Waals surface area contributed by atoms with Crippen LogP contribution in [-0.4, -0.2) is 23.6 Å². The Hall–Kier alpha value is -4.58. The van der Waals surface area contributed by atoms with Gasteiger partial charge in [0.1, 0.15) is 0 Å². The van der Waals surface area contributed by atoms with E-state index in [1.165, 1.54) is 40.5 Å². The molecule has 0 atom stereocenters. The van der Waals surface area contributed by atoms with Crippen molar-refractivity contribution < 1.29 is 19.2 Å². The first kappa shape index (κ1) is 32.3. The highest BCUT2D eigenvalue weighted by atomic mass is 16.2. The van der Waals surface area contributed by atoms with E-state index in [2.05, 4.69) is 77.9 Å². The number of carbonyl (C=O) groups excluding carboxylic acids is 4. The van der Waals surface area contributed by atoms with Gasteiger partial charge in [-0.3, -0.25) is 19.2 Å². The van der Waals surface area contributed by atoms with Crippen LogP contribution in [0.5, 0.6) is 0 Å². The molecule has 0 spiro atoms. The van der Waals surface area contributed by atoms with Crippen molar-refractivity contribution in [3.63, 3.8) is 0 Å². The Balaban J connectivity index is 0.00000141. The third-order valence-corrected chi connectivity index (χ3v) is 8.48. The highest BCUT2D eigenvalue weighted by Crippen LogP contribution is 2.40. The Morgan fingerprint density at radius 2 is 1.02 bits per heavy atom. The molecule has 2 aliphatic heterocycles. The van der Waals surface area contributed by atoms with Gasteiger partial charge in [-0.05, 0) is 58.9 Å². The van der Waals surface area contributed by atoms with Crippen molar-refractivity contribution in [2.75, 3.05) is 9.80 Å². The molecule has 6 heteroatoms. The lowest BCUT2D eigenvalue weighted by molar-refractivity contribution is -0.121. The summed E-state index contributed by atoms with van der Waals surface area (Å²) in [5.41, 5.74) is 6.82. The van der Waals surface area contributed by atoms with Gasteiger partial charge in [-0.1, -0.05) is 103 Å². The van der Waals surface area contributed by atoms with Gasteiger partial charge in [0.05, 0.1) is 11.4 Å². The van der Waals surface area contributed by atoms with Crippen LogP contribution >= 0.6 is 0 Å². The Labute approximate surface area is 261 Å². The summed E-state index contributed by atoms with van der Waals surface area (Å²) < 4.78 is 0. The van der Waals surface area contributed by atoms with Crippen molar-refractivity contribution in [2.24, 2.45) is 0 Å². The van der Waals surface area contributed by atoms with Crippen molar-refractivity contribution in [2.45, 2.75) is 79.1 Å². The first-order chi connectivity index (χ1) is 20.8. The quantitative estimate of drug-likeness (QED) is 0.267. The van der Waals surface area contributed by atoms with E-state index < -0.39 is 0 Å². The summed E-state index contributed by atoms with van der Waals surface area (Å²) in [6.07, 6.45) is 7.15. The van der Waals surface area contributed by atoms with Crippen LogP contribution in [0, 0.1) is 6.92 Å². The summed E-state index contributed by atoms with van der Waals surface area (Å²) in [7, 11) is 0. The average Bonchev–Trinajstić information content (AvgIpc) is 3.51. The van der Waals surface area contributed by atoms with E-state index in [0.29, 0.717) is 17.8 Å². The molecule has 44 heavy (non-hydrogen) atoms. The third-order valence-electron chi connectivity index (χ3n) is 8.48. The molecule has 6 nitrogen and oxygen atoms in total. The fraction of sp³-hybridized carbons (Fsp3) is 0.316. The molecule has 0 N–H and O–H groups in total. The van der Waals surface area contributed by atoms with Gasteiger partial charge in [-0.25, -0.2) is 9.80 Å².